The van der Waals surface area contributed by atoms with E-state index in [1.807, 2.05) is 48.7 Å². The Morgan fingerprint density at radius 3 is 2.87 bits per heavy atom. The molecule has 2 N–H and O–H groups in total. The van der Waals surface area contributed by atoms with E-state index in [9.17, 15) is 4.79 Å². The second kappa shape index (κ2) is 8.30. The van der Waals surface area contributed by atoms with Gasteiger partial charge in [-0.15, -0.1) is 0 Å². The molecule has 0 aliphatic carbocycles. The van der Waals surface area contributed by atoms with Gasteiger partial charge in [0.1, 0.15) is 11.3 Å². The lowest BCUT2D eigenvalue weighted by Crippen LogP contribution is -2.49. The Hall–Kier alpha value is -2.94. The summed E-state index contributed by atoms with van der Waals surface area (Å²) in [6.45, 7) is 4.12. The van der Waals surface area contributed by atoms with E-state index in [0.717, 1.165) is 59.2 Å². The molecule has 2 aromatic heterocycles. The molecule has 3 heterocycles. The van der Waals surface area contributed by atoms with Crippen LogP contribution in [0.2, 0.25) is 0 Å². The molecule has 160 valence electrons. The molecule has 8 heteroatoms. The number of thiazole rings is 1. The Bertz CT molecular complexity index is 1190. The number of carbonyl (C=O) groups is 1. The highest BCUT2D eigenvalue weighted by Crippen LogP contribution is 2.33. The number of ether oxygens (including phenoxy) is 1. The van der Waals surface area contributed by atoms with Gasteiger partial charge in [-0.05, 0) is 37.1 Å². The number of furan rings is 1. The first-order chi connectivity index (χ1) is 15.1. The number of nitrogens with zero attached hydrogens (tertiary/aromatic N) is 3. The molecular formula is C23H24N4O3S. The highest BCUT2D eigenvalue weighted by atomic mass is 32.1. The number of likely N-dealkylation sites (tertiary alicyclic amines) is 1. The van der Waals surface area contributed by atoms with Gasteiger partial charge >= 0.3 is 0 Å². The summed E-state index contributed by atoms with van der Waals surface area (Å²) in [5, 5.41) is 3.08. The second-order valence-electron chi connectivity index (χ2n) is 7.90. The summed E-state index contributed by atoms with van der Waals surface area (Å²) in [6, 6.07) is 14.0. The van der Waals surface area contributed by atoms with Gasteiger partial charge < -0.3 is 9.15 Å². The molecule has 31 heavy (non-hydrogen) atoms. The van der Waals surface area contributed by atoms with Gasteiger partial charge in [-0.25, -0.2) is 10.8 Å². The van der Waals surface area contributed by atoms with Crippen molar-refractivity contribution in [2.24, 2.45) is 5.84 Å². The molecule has 0 spiro atoms. The van der Waals surface area contributed by atoms with E-state index < -0.39 is 0 Å². The van der Waals surface area contributed by atoms with Crippen LogP contribution in [0, 0.1) is 0 Å². The molecule has 2 aromatic carbocycles. The van der Waals surface area contributed by atoms with Crippen molar-refractivity contribution in [3.63, 3.8) is 0 Å². The molecule has 0 radical (unpaired) electrons. The lowest BCUT2D eigenvalue weighted by molar-refractivity contribution is -0.132. The van der Waals surface area contributed by atoms with Crippen LogP contribution in [0.25, 0.3) is 21.2 Å². The molecule has 1 fully saturated rings. The van der Waals surface area contributed by atoms with Crippen LogP contribution < -0.4 is 10.6 Å². The maximum absolute atomic E-state index is 11.5. The number of nitrogens with two attached hydrogens (primary N) is 1. The third-order valence-electron chi connectivity index (χ3n) is 5.81. The zero-order valence-corrected chi connectivity index (χ0v) is 18.1. The minimum Gasteiger partial charge on any atom is -0.464 e. The number of rotatable bonds is 5. The highest BCUT2D eigenvalue weighted by molar-refractivity contribution is 7.20. The molecule has 7 nitrogen and oxygen atoms in total. The second-order valence-corrected chi connectivity index (χ2v) is 8.90. The number of benzene rings is 2. The van der Waals surface area contributed by atoms with Crippen LogP contribution in [0.15, 0.2) is 53.1 Å². The normalized spacial score (nSPS) is 15.5. The van der Waals surface area contributed by atoms with Crippen molar-refractivity contribution in [1.82, 2.24) is 14.9 Å². The Morgan fingerprint density at radius 2 is 2.10 bits per heavy atom. The van der Waals surface area contributed by atoms with E-state index in [0.29, 0.717) is 10.9 Å². The lowest BCUT2D eigenvalue weighted by Gasteiger charge is -2.35. The first-order valence-corrected chi connectivity index (χ1v) is 11.2. The zero-order chi connectivity index (χ0) is 21.4. The smallest absolute Gasteiger partial charge is 0.279 e. The molecule has 0 saturated carbocycles. The fraction of sp³-hybridized carbons (Fsp3) is 0.304. The van der Waals surface area contributed by atoms with Crippen molar-refractivity contribution >= 4 is 38.4 Å². The van der Waals surface area contributed by atoms with Crippen molar-refractivity contribution in [3.05, 3.63) is 54.3 Å². The quantitative estimate of drug-likeness (QED) is 0.281. The van der Waals surface area contributed by atoms with Crippen molar-refractivity contribution in [2.45, 2.75) is 32.4 Å². The number of para-hydroxylation sites is 1. The first kappa shape index (κ1) is 20.0. The molecule has 4 aromatic rings. The van der Waals surface area contributed by atoms with E-state index in [1.54, 1.807) is 0 Å². The maximum atomic E-state index is 11.5. The maximum Gasteiger partial charge on any atom is 0.279 e. The van der Waals surface area contributed by atoms with E-state index in [1.165, 1.54) is 23.3 Å². The van der Waals surface area contributed by atoms with Gasteiger partial charge in [0.25, 0.3) is 5.19 Å². The Balaban J connectivity index is 1.26. The SMILES string of the molecule is CC(=O)N(N)C1CCN(Cc2coc3cc(Oc4nc5ccccc5s4)ccc23)CC1. The largest absolute Gasteiger partial charge is 0.464 e. The van der Waals surface area contributed by atoms with E-state index in [2.05, 4.69) is 9.88 Å². The van der Waals surface area contributed by atoms with E-state index >= 15 is 0 Å². The van der Waals surface area contributed by atoms with Crippen molar-refractivity contribution in [3.8, 4) is 10.9 Å². The number of amides is 1. The van der Waals surface area contributed by atoms with Crippen molar-refractivity contribution in [1.29, 1.82) is 0 Å². The predicted octanol–water partition coefficient (Wildman–Crippen LogP) is 4.52. The van der Waals surface area contributed by atoms with E-state index in [-0.39, 0.29) is 11.9 Å². The average Bonchev–Trinajstić information content (AvgIpc) is 3.37. The van der Waals surface area contributed by atoms with Gasteiger partial charge in [-0.3, -0.25) is 14.7 Å². The molecule has 0 unspecified atom stereocenters. The standard InChI is InChI=1S/C23H24N4O3S/c1-15(28)27(24)17-8-10-26(11-9-17)13-16-14-29-21-12-18(6-7-19(16)21)30-23-25-20-4-2-3-5-22(20)31-23/h2-7,12,14,17H,8-11,13,24H2,1H3. The van der Waals surface area contributed by atoms with Crippen LogP contribution in [0.5, 0.6) is 10.9 Å². The molecule has 1 saturated heterocycles. The number of fused-ring (bicyclic) bond motifs is 2. The number of hydrazine groups is 1. The summed E-state index contributed by atoms with van der Waals surface area (Å²) < 4.78 is 12.9. The topological polar surface area (TPSA) is 84.8 Å². The summed E-state index contributed by atoms with van der Waals surface area (Å²) in [4.78, 5) is 18.4. The van der Waals surface area contributed by atoms with Crippen LogP contribution in [0.1, 0.15) is 25.3 Å². The first-order valence-electron chi connectivity index (χ1n) is 10.4. The Morgan fingerprint density at radius 1 is 1.29 bits per heavy atom. The lowest BCUT2D eigenvalue weighted by atomic mass is 10.0. The molecule has 0 bridgehead atoms. The van der Waals surface area contributed by atoms with Gasteiger partial charge in [0.05, 0.1) is 22.5 Å². The molecule has 0 atom stereocenters. The minimum absolute atomic E-state index is 0.0804. The summed E-state index contributed by atoms with van der Waals surface area (Å²) in [7, 11) is 0. The molecule has 1 aliphatic heterocycles. The third kappa shape index (κ3) is 4.14. The van der Waals surface area contributed by atoms with Crippen molar-refractivity contribution < 1.29 is 13.9 Å². The molecule has 1 aliphatic rings. The van der Waals surface area contributed by atoms with Gasteiger partial charge in [0, 0.05) is 43.6 Å². The van der Waals surface area contributed by atoms with Crippen LogP contribution in [-0.4, -0.2) is 39.9 Å². The summed E-state index contributed by atoms with van der Waals surface area (Å²) in [6.07, 6.45) is 3.58. The Kier molecular flexibility index (Phi) is 5.35. The van der Waals surface area contributed by atoms with Crippen LogP contribution in [0.3, 0.4) is 0 Å². The number of hydrogen-bond acceptors (Lipinski definition) is 7. The van der Waals surface area contributed by atoms with Gasteiger partial charge in [0.2, 0.25) is 5.91 Å². The van der Waals surface area contributed by atoms with Gasteiger partial charge in [0.15, 0.2) is 0 Å². The zero-order valence-electron chi connectivity index (χ0n) is 17.3. The third-order valence-corrected chi connectivity index (χ3v) is 6.73. The summed E-state index contributed by atoms with van der Waals surface area (Å²) in [5.74, 6) is 6.50. The summed E-state index contributed by atoms with van der Waals surface area (Å²) in [5.41, 5.74) is 2.89. The molecule has 5 rings (SSSR count). The van der Waals surface area contributed by atoms with Gasteiger partial charge in [-0.1, -0.05) is 23.5 Å². The molecular weight excluding hydrogens is 412 g/mol. The number of carbonyl (C=O) groups excluding carboxylic acids is 1. The van der Waals surface area contributed by atoms with Crippen LogP contribution >= 0.6 is 11.3 Å². The van der Waals surface area contributed by atoms with Gasteiger partial charge in [-0.2, -0.15) is 0 Å². The van der Waals surface area contributed by atoms with E-state index in [4.69, 9.17) is 15.0 Å². The number of hydrogen-bond donors (Lipinski definition) is 1. The summed E-state index contributed by atoms with van der Waals surface area (Å²) >= 11 is 1.53. The van der Waals surface area contributed by atoms with Crippen LogP contribution in [0.4, 0.5) is 0 Å². The molecule has 1 amide bonds. The fourth-order valence-electron chi connectivity index (χ4n) is 4.10. The monoisotopic (exact) mass is 436 g/mol. The predicted molar refractivity (Wildman–Crippen MR) is 121 cm³/mol. The minimum atomic E-state index is -0.0804. The fourth-order valence-corrected chi connectivity index (χ4v) is 4.93. The number of piperidine rings is 1. The van der Waals surface area contributed by atoms with Crippen LogP contribution in [-0.2, 0) is 11.3 Å². The average molecular weight is 437 g/mol. The highest BCUT2D eigenvalue weighted by Gasteiger charge is 2.25. The van der Waals surface area contributed by atoms with Crippen molar-refractivity contribution in [2.75, 3.05) is 13.1 Å². The Labute approximate surface area is 184 Å². The number of aromatic nitrogens is 1.